The van der Waals surface area contributed by atoms with Gasteiger partial charge >= 0.3 is 0 Å². The Morgan fingerprint density at radius 2 is 0.750 bits per heavy atom. The number of hydrogen-bond donors (Lipinski definition) is 9. The first-order chi connectivity index (χ1) is 41.1. The number of aliphatic hydroxyl groups excluding tert-OH is 8. The number of unbranched alkanes of at least 4 members (excludes halogenated alkanes) is 45. The molecule has 1 amide bonds. The Morgan fingerprint density at radius 1 is 0.417 bits per heavy atom. The summed E-state index contributed by atoms with van der Waals surface area (Å²) < 4.78 is 22.9. The standard InChI is InChI=1S/C70H135NO13/c1-3-5-7-9-11-13-15-17-19-21-22-23-24-25-26-27-28-29-30-31-32-33-34-35-36-38-40-42-44-46-48-50-52-54-62(75)71-58(59(74)53-51-49-47-45-43-41-39-37-20-18-16-14-12-10-8-6-4-2)57-81-69-67(80)65(78)68(61(56-73)83-69)84-70-66(79)64(77)63(76)60(55-72)82-70/h21-22,58-61,63-70,72-74,76-80H,3-20,23-57H2,1-2H3,(H,71,75)/b22-21-. The minimum absolute atomic E-state index is 0.199. The lowest BCUT2D eigenvalue weighted by atomic mass is 9.97. The van der Waals surface area contributed by atoms with Gasteiger partial charge in [-0.05, 0) is 38.5 Å². The third-order valence-electron chi connectivity index (χ3n) is 18.0. The summed E-state index contributed by atoms with van der Waals surface area (Å²) in [6, 6.07) is -0.825. The molecule has 14 heteroatoms. The molecule has 0 aliphatic carbocycles. The summed E-state index contributed by atoms with van der Waals surface area (Å²) in [5.74, 6) is -0.199. The molecule has 2 saturated heterocycles. The molecule has 2 fully saturated rings. The van der Waals surface area contributed by atoms with Crippen LogP contribution in [0.1, 0.15) is 335 Å². The number of rotatable bonds is 60. The molecule has 0 bridgehead atoms. The number of ether oxygens (including phenoxy) is 4. The molecular weight excluding hydrogens is 1060 g/mol. The second-order valence-electron chi connectivity index (χ2n) is 25.7. The lowest BCUT2D eigenvalue weighted by Crippen LogP contribution is -2.65. The van der Waals surface area contributed by atoms with E-state index in [0.717, 1.165) is 51.4 Å². The quantitative estimate of drug-likeness (QED) is 0.0204. The van der Waals surface area contributed by atoms with Gasteiger partial charge in [0.25, 0.3) is 0 Å². The SMILES string of the molecule is CCCCCCCCCC/C=C\CCCCCCCCCCCCCCCCCCCCCCCC(=O)NC(COC1OC(CO)C(OC2OC(CO)C(O)C(O)C2O)C(O)C1O)C(O)CCCCCCCCCCCCCCCCCCC. The summed E-state index contributed by atoms with van der Waals surface area (Å²) in [4.78, 5) is 13.3. The molecule has 0 aromatic rings. The first-order valence-electron chi connectivity index (χ1n) is 35.9. The highest BCUT2D eigenvalue weighted by Gasteiger charge is 2.51. The average molecular weight is 1200 g/mol. The van der Waals surface area contributed by atoms with E-state index in [4.69, 9.17) is 18.9 Å². The van der Waals surface area contributed by atoms with Gasteiger partial charge in [0, 0.05) is 6.42 Å². The van der Waals surface area contributed by atoms with Crippen LogP contribution in [-0.2, 0) is 23.7 Å². The van der Waals surface area contributed by atoms with Gasteiger partial charge in [0.2, 0.25) is 5.91 Å². The molecule has 0 radical (unpaired) electrons. The van der Waals surface area contributed by atoms with Crippen molar-refractivity contribution in [2.24, 2.45) is 0 Å². The molecule has 2 heterocycles. The summed E-state index contributed by atoms with van der Waals surface area (Å²) in [6.45, 7) is 2.91. The molecule has 14 nitrogen and oxygen atoms in total. The van der Waals surface area contributed by atoms with Crippen molar-refractivity contribution in [3.63, 3.8) is 0 Å². The Hall–Kier alpha value is -1.27. The molecular formula is C70H135NO13. The van der Waals surface area contributed by atoms with Gasteiger partial charge in [0.15, 0.2) is 12.6 Å². The van der Waals surface area contributed by atoms with E-state index in [1.807, 2.05) is 0 Å². The van der Waals surface area contributed by atoms with Gasteiger partial charge in [-0.1, -0.05) is 302 Å². The monoisotopic (exact) mass is 1200 g/mol. The Kier molecular flexibility index (Phi) is 52.3. The number of carbonyl (C=O) groups excluding carboxylic acids is 1. The highest BCUT2D eigenvalue weighted by Crippen LogP contribution is 2.30. The predicted molar refractivity (Wildman–Crippen MR) is 342 cm³/mol. The number of carbonyl (C=O) groups is 1. The highest BCUT2D eigenvalue weighted by molar-refractivity contribution is 5.76. The van der Waals surface area contributed by atoms with Crippen LogP contribution in [-0.4, -0.2) is 140 Å². The number of nitrogens with one attached hydrogen (secondary N) is 1. The fourth-order valence-corrected chi connectivity index (χ4v) is 12.2. The first kappa shape index (κ1) is 78.8. The van der Waals surface area contributed by atoms with Crippen molar-refractivity contribution >= 4 is 5.91 Å². The van der Waals surface area contributed by atoms with Gasteiger partial charge in [-0.3, -0.25) is 4.79 Å². The zero-order valence-electron chi connectivity index (χ0n) is 54.2. The van der Waals surface area contributed by atoms with Crippen LogP contribution in [0.15, 0.2) is 12.2 Å². The number of amides is 1. The Bertz CT molecular complexity index is 1460. The molecule has 0 aromatic heterocycles. The zero-order chi connectivity index (χ0) is 60.9. The molecule has 2 aliphatic heterocycles. The molecule has 0 saturated carbocycles. The van der Waals surface area contributed by atoms with Crippen molar-refractivity contribution in [3.05, 3.63) is 12.2 Å². The maximum atomic E-state index is 13.3. The smallest absolute Gasteiger partial charge is 0.220 e. The lowest BCUT2D eigenvalue weighted by Gasteiger charge is -2.46. The summed E-state index contributed by atoms with van der Waals surface area (Å²) in [7, 11) is 0. The summed E-state index contributed by atoms with van der Waals surface area (Å²) in [6.07, 6.45) is 51.0. The summed E-state index contributed by atoms with van der Waals surface area (Å²) >= 11 is 0. The van der Waals surface area contributed by atoms with Gasteiger partial charge in [0.05, 0.1) is 32.0 Å². The molecule has 0 aromatic carbocycles. The van der Waals surface area contributed by atoms with Crippen LogP contribution < -0.4 is 5.32 Å². The van der Waals surface area contributed by atoms with Crippen LogP contribution in [0.2, 0.25) is 0 Å². The van der Waals surface area contributed by atoms with Crippen LogP contribution in [0, 0.1) is 0 Å². The third-order valence-corrected chi connectivity index (χ3v) is 18.0. The normalized spacial score (nSPS) is 23.6. The topological polar surface area (TPSA) is 228 Å². The van der Waals surface area contributed by atoms with E-state index in [0.29, 0.717) is 12.8 Å². The van der Waals surface area contributed by atoms with E-state index in [2.05, 4.69) is 31.3 Å². The van der Waals surface area contributed by atoms with Crippen molar-refractivity contribution in [2.45, 2.75) is 408 Å². The van der Waals surface area contributed by atoms with Crippen LogP contribution in [0.3, 0.4) is 0 Å². The number of aliphatic hydroxyl groups is 8. The van der Waals surface area contributed by atoms with E-state index in [1.165, 1.54) is 257 Å². The van der Waals surface area contributed by atoms with E-state index >= 15 is 0 Å². The van der Waals surface area contributed by atoms with Gasteiger partial charge < -0.3 is 65.1 Å². The van der Waals surface area contributed by atoms with Crippen LogP contribution in [0.5, 0.6) is 0 Å². The van der Waals surface area contributed by atoms with Crippen molar-refractivity contribution in [1.82, 2.24) is 5.32 Å². The van der Waals surface area contributed by atoms with E-state index in [1.54, 1.807) is 0 Å². The third kappa shape index (κ3) is 39.7. The maximum Gasteiger partial charge on any atom is 0.220 e. The summed E-state index contributed by atoms with van der Waals surface area (Å²) in [5, 5.41) is 87.5. The van der Waals surface area contributed by atoms with E-state index in [-0.39, 0.29) is 12.5 Å². The fraction of sp³-hybridized carbons (Fsp3) is 0.957. The Morgan fingerprint density at radius 3 is 1.13 bits per heavy atom. The minimum atomic E-state index is -1.78. The second-order valence-corrected chi connectivity index (χ2v) is 25.7. The lowest BCUT2D eigenvalue weighted by molar-refractivity contribution is -0.359. The van der Waals surface area contributed by atoms with Gasteiger partial charge in [-0.25, -0.2) is 0 Å². The van der Waals surface area contributed by atoms with E-state index < -0.39 is 86.8 Å². The van der Waals surface area contributed by atoms with Crippen LogP contribution in [0.4, 0.5) is 0 Å². The number of hydrogen-bond acceptors (Lipinski definition) is 13. The van der Waals surface area contributed by atoms with Crippen molar-refractivity contribution in [2.75, 3.05) is 19.8 Å². The Labute approximate surface area is 514 Å². The van der Waals surface area contributed by atoms with Crippen molar-refractivity contribution in [1.29, 1.82) is 0 Å². The fourth-order valence-electron chi connectivity index (χ4n) is 12.2. The van der Waals surface area contributed by atoms with E-state index in [9.17, 15) is 45.6 Å². The summed E-state index contributed by atoms with van der Waals surface area (Å²) in [5.41, 5.74) is 0. The molecule has 9 N–H and O–H groups in total. The molecule has 498 valence electrons. The minimum Gasteiger partial charge on any atom is -0.394 e. The van der Waals surface area contributed by atoms with Gasteiger partial charge in [0.1, 0.15) is 48.8 Å². The van der Waals surface area contributed by atoms with Crippen LogP contribution in [0.25, 0.3) is 0 Å². The largest absolute Gasteiger partial charge is 0.394 e. The first-order valence-corrected chi connectivity index (χ1v) is 35.9. The van der Waals surface area contributed by atoms with Crippen molar-refractivity contribution < 1.29 is 64.6 Å². The molecule has 12 unspecified atom stereocenters. The van der Waals surface area contributed by atoms with Crippen LogP contribution >= 0.6 is 0 Å². The average Bonchev–Trinajstić information content (AvgIpc) is 3.17. The molecule has 0 spiro atoms. The predicted octanol–water partition coefficient (Wildman–Crippen LogP) is 14.6. The number of allylic oxidation sites excluding steroid dienone is 2. The Balaban J connectivity index is 1.61. The van der Waals surface area contributed by atoms with Crippen molar-refractivity contribution in [3.8, 4) is 0 Å². The molecule has 84 heavy (non-hydrogen) atoms. The highest BCUT2D eigenvalue weighted by atomic mass is 16.7. The molecule has 2 aliphatic rings. The second kappa shape index (κ2) is 55.8. The van der Waals surface area contributed by atoms with Gasteiger partial charge in [-0.2, -0.15) is 0 Å². The maximum absolute atomic E-state index is 13.3. The van der Waals surface area contributed by atoms with Gasteiger partial charge in [-0.15, -0.1) is 0 Å². The molecule has 12 atom stereocenters. The zero-order valence-corrected chi connectivity index (χ0v) is 54.2. The molecule has 2 rings (SSSR count).